The van der Waals surface area contributed by atoms with Gasteiger partial charge in [-0.15, -0.1) is 0 Å². The molecule has 1 rings (SSSR count). The summed E-state index contributed by atoms with van der Waals surface area (Å²) in [5.41, 5.74) is 1.16. The highest BCUT2D eigenvalue weighted by molar-refractivity contribution is 5.05. The van der Waals surface area contributed by atoms with Crippen molar-refractivity contribution in [3.63, 3.8) is 0 Å². The SMILES string of the molecule is CCCCCCCCCCc1ccc[n+]([O-])c1. The number of pyridine rings is 1. The van der Waals surface area contributed by atoms with Gasteiger partial charge in [0.05, 0.1) is 0 Å². The summed E-state index contributed by atoms with van der Waals surface area (Å²) in [7, 11) is 0. The van der Waals surface area contributed by atoms with E-state index in [0.717, 1.165) is 16.7 Å². The van der Waals surface area contributed by atoms with Gasteiger partial charge in [0.1, 0.15) is 0 Å². The van der Waals surface area contributed by atoms with Crippen LogP contribution in [0.5, 0.6) is 0 Å². The topological polar surface area (TPSA) is 26.9 Å². The third kappa shape index (κ3) is 6.98. The summed E-state index contributed by atoms with van der Waals surface area (Å²) in [5.74, 6) is 0. The summed E-state index contributed by atoms with van der Waals surface area (Å²) in [5, 5.41) is 11.0. The van der Waals surface area contributed by atoms with Gasteiger partial charge >= 0.3 is 0 Å². The van der Waals surface area contributed by atoms with Gasteiger partial charge in [-0.25, -0.2) is 0 Å². The van der Waals surface area contributed by atoms with Crippen LogP contribution < -0.4 is 4.73 Å². The lowest BCUT2D eigenvalue weighted by atomic mass is 10.1. The van der Waals surface area contributed by atoms with Crippen molar-refractivity contribution in [3.8, 4) is 0 Å². The number of unbranched alkanes of at least 4 members (excludes halogenated alkanes) is 7. The van der Waals surface area contributed by atoms with Crippen LogP contribution in [-0.4, -0.2) is 0 Å². The second-order valence-electron chi connectivity index (χ2n) is 4.80. The van der Waals surface area contributed by atoms with Crippen LogP contribution >= 0.6 is 0 Å². The standard InChI is InChI=1S/C15H25NO/c1-2-3-4-5-6-7-8-9-11-15-12-10-13-16(17)14-15/h10,12-14H,2-9,11H2,1H3. The van der Waals surface area contributed by atoms with Crippen molar-refractivity contribution >= 4 is 0 Å². The van der Waals surface area contributed by atoms with Gasteiger partial charge < -0.3 is 5.21 Å². The Kier molecular flexibility index (Phi) is 7.44. The Bertz CT molecular complexity index is 299. The van der Waals surface area contributed by atoms with E-state index in [-0.39, 0.29) is 0 Å². The summed E-state index contributed by atoms with van der Waals surface area (Å²) in [6.07, 6.45) is 15.0. The van der Waals surface area contributed by atoms with E-state index in [1.54, 1.807) is 6.20 Å². The summed E-state index contributed by atoms with van der Waals surface area (Å²) < 4.78 is 0.889. The fourth-order valence-corrected chi connectivity index (χ4v) is 2.11. The molecule has 0 bridgehead atoms. The Morgan fingerprint density at radius 3 is 2.29 bits per heavy atom. The second kappa shape index (κ2) is 9.03. The molecule has 0 radical (unpaired) electrons. The van der Waals surface area contributed by atoms with E-state index in [1.165, 1.54) is 57.6 Å². The van der Waals surface area contributed by atoms with Crippen LogP contribution in [0.25, 0.3) is 0 Å². The van der Waals surface area contributed by atoms with E-state index in [4.69, 9.17) is 0 Å². The summed E-state index contributed by atoms with van der Waals surface area (Å²) in [6, 6.07) is 3.86. The highest BCUT2D eigenvalue weighted by Gasteiger charge is 1.97. The molecular weight excluding hydrogens is 210 g/mol. The Hall–Kier alpha value is -1.05. The zero-order valence-corrected chi connectivity index (χ0v) is 11.0. The van der Waals surface area contributed by atoms with Crippen molar-refractivity contribution in [2.45, 2.75) is 64.7 Å². The van der Waals surface area contributed by atoms with Crippen molar-refractivity contribution in [3.05, 3.63) is 35.3 Å². The highest BCUT2D eigenvalue weighted by atomic mass is 16.5. The van der Waals surface area contributed by atoms with Crippen molar-refractivity contribution in [1.82, 2.24) is 0 Å². The Balaban J connectivity index is 1.97. The minimum absolute atomic E-state index is 0.889. The molecule has 0 aliphatic heterocycles. The Labute approximate surface area is 105 Å². The Morgan fingerprint density at radius 2 is 1.65 bits per heavy atom. The first-order valence-electron chi connectivity index (χ1n) is 7.00. The molecule has 1 aromatic rings. The van der Waals surface area contributed by atoms with Crippen LogP contribution in [0.4, 0.5) is 0 Å². The van der Waals surface area contributed by atoms with Crippen LogP contribution in [-0.2, 0) is 6.42 Å². The smallest absolute Gasteiger partial charge is 0.183 e. The molecule has 0 atom stereocenters. The first kappa shape index (κ1) is 14.0. The number of aryl methyl sites for hydroxylation is 1. The maximum absolute atomic E-state index is 11.0. The van der Waals surface area contributed by atoms with Crippen LogP contribution in [0, 0.1) is 5.21 Å². The number of nitrogens with zero attached hydrogens (tertiary/aromatic N) is 1. The largest absolute Gasteiger partial charge is 0.619 e. The van der Waals surface area contributed by atoms with Gasteiger partial charge in [0.15, 0.2) is 12.4 Å². The molecule has 1 aromatic heterocycles. The fraction of sp³-hybridized carbons (Fsp3) is 0.667. The van der Waals surface area contributed by atoms with Gasteiger partial charge in [0.2, 0.25) is 0 Å². The van der Waals surface area contributed by atoms with E-state index < -0.39 is 0 Å². The van der Waals surface area contributed by atoms with Gasteiger partial charge in [-0.1, -0.05) is 51.9 Å². The summed E-state index contributed by atoms with van der Waals surface area (Å²) >= 11 is 0. The van der Waals surface area contributed by atoms with Gasteiger partial charge in [0, 0.05) is 11.6 Å². The summed E-state index contributed by atoms with van der Waals surface area (Å²) in [4.78, 5) is 0. The first-order chi connectivity index (χ1) is 8.33. The quantitative estimate of drug-likeness (QED) is 0.361. The summed E-state index contributed by atoms with van der Waals surface area (Å²) in [6.45, 7) is 2.25. The van der Waals surface area contributed by atoms with Crippen LogP contribution in [0.15, 0.2) is 24.5 Å². The molecule has 0 aliphatic rings. The number of hydrogen-bond acceptors (Lipinski definition) is 1. The third-order valence-electron chi connectivity index (χ3n) is 3.16. The van der Waals surface area contributed by atoms with Crippen molar-refractivity contribution < 1.29 is 4.73 Å². The molecule has 2 nitrogen and oxygen atoms in total. The van der Waals surface area contributed by atoms with Crippen LogP contribution in [0.3, 0.4) is 0 Å². The molecule has 0 fully saturated rings. The minimum atomic E-state index is 0.889. The first-order valence-corrected chi connectivity index (χ1v) is 7.00. The van der Waals surface area contributed by atoms with Crippen molar-refractivity contribution in [2.75, 3.05) is 0 Å². The zero-order valence-electron chi connectivity index (χ0n) is 11.0. The van der Waals surface area contributed by atoms with Gasteiger partial charge in [-0.3, -0.25) is 0 Å². The molecule has 0 aromatic carbocycles. The van der Waals surface area contributed by atoms with E-state index in [2.05, 4.69) is 6.92 Å². The molecule has 0 N–H and O–H groups in total. The average Bonchev–Trinajstić information content (AvgIpc) is 2.33. The molecule has 96 valence electrons. The predicted molar refractivity (Wildman–Crippen MR) is 71.7 cm³/mol. The molecule has 0 aliphatic carbocycles. The number of aromatic nitrogens is 1. The van der Waals surface area contributed by atoms with E-state index >= 15 is 0 Å². The van der Waals surface area contributed by atoms with Gasteiger partial charge in [-0.2, -0.15) is 4.73 Å². The lowest BCUT2D eigenvalue weighted by Crippen LogP contribution is -2.24. The number of rotatable bonds is 9. The molecule has 0 saturated heterocycles. The van der Waals surface area contributed by atoms with Gasteiger partial charge in [-0.05, 0) is 18.9 Å². The molecule has 0 amide bonds. The van der Waals surface area contributed by atoms with Crippen LogP contribution in [0.2, 0.25) is 0 Å². The third-order valence-corrected chi connectivity index (χ3v) is 3.16. The van der Waals surface area contributed by atoms with E-state index in [9.17, 15) is 5.21 Å². The molecule has 1 heterocycles. The molecule has 2 heteroatoms. The minimum Gasteiger partial charge on any atom is -0.619 e. The predicted octanol–water partition coefficient (Wildman–Crippen LogP) is 4.00. The monoisotopic (exact) mass is 235 g/mol. The van der Waals surface area contributed by atoms with Crippen molar-refractivity contribution in [1.29, 1.82) is 0 Å². The maximum Gasteiger partial charge on any atom is 0.183 e. The molecular formula is C15H25NO. The second-order valence-corrected chi connectivity index (χ2v) is 4.80. The van der Waals surface area contributed by atoms with E-state index in [1.807, 2.05) is 12.1 Å². The normalized spacial score (nSPS) is 10.6. The van der Waals surface area contributed by atoms with Crippen molar-refractivity contribution in [2.24, 2.45) is 0 Å². The maximum atomic E-state index is 11.0. The fourth-order valence-electron chi connectivity index (χ4n) is 2.11. The lowest BCUT2D eigenvalue weighted by molar-refractivity contribution is -0.605. The lowest BCUT2D eigenvalue weighted by Gasteiger charge is -2.02. The van der Waals surface area contributed by atoms with Crippen LogP contribution in [0.1, 0.15) is 63.9 Å². The zero-order chi connectivity index (χ0) is 12.3. The average molecular weight is 235 g/mol. The molecule has 0 spiro atoms. The Morgan fingerprint density at radius 1 is 1.00 bits per heavy atom. The number of hydrogen-bond donors (Lipinski definition) is 0. The molecule has 0 saturated carbocycles. The molecule has 0 unspecified atom stereocenters. The van der Waals surface area contributed by atoms with E-state index in [0.29, 0.717) is 0 Å². The highest BCUT2D eigenvalue weighted by Crippen LogP contribution is 2.10. The van der Waals surface area contributed by atoms with Gasteiger partial charge in [0.25, 0.3) is 0 Å². The molecule has 17 heavy (non-hydrogen) atoms.